The first-order valence-corrected chi connectivity index (χ1v) is 8.96. The molecule has 0 radical (unpaired) electrons. The number of nitrogens with zero attached hydrogens (tertiary/aromatic N) is 4. The number of carbonyl (C=O) groups excluding carboxylic acids is 1. The molecule has 0 saturated carbocycles. The maximum atomic E-state index is 13.5. The molecule has 1 unspecified atom stereocenters. The number of hydrogen-bond acceptors (Lipinski definition) is 6. The van der Waals surface area contributed by atoms with Crippen LogP contribution in [0.5, 0.6) is 5.88 Å². The molecule has 1 fully saturated rings. The smallest absolute Gasteiger partial charge is 0.312 e. The second kappa shape index (κ2) is 7.93. The van der Waals surface area contributed by atoms with Crippen LogP contribution in [0.3, 0.4) is 0 Å². The number of alkyl halides is 2. The fourth-order valence-corrected chi connectivity index (χ4v) is 2.99. The fourth-order valence-electron chi connectivity index (χ4n) is 2.33. The van der Waals surface area contributed by atoms with E-state index in [1.165, 1.54) is 5.01 Å². The minimum absolute atomic E-state index is 0.0560. The predicted octanol–water partition coefficient (Wildman–Crippen LogP) is 3.73. The standard InChI is InChI=1S/C16H13Cl3FN5O2/c1-7-3-5-9(6-4-7)25-15(26)11(8(2)23-25)24-27-14-10(17)12(13(18)19)21-16(20)22-14/h3-6,8,13,23H,1-2H3. The Kier molecular flexibility index (Phi) is 5.81. The highest BCUT2D eigenvalue weighted by Crippen LogP contribution is 2.34. The second-order valence-electron chi connectivity index (χ2n) is 5.69. The van der Waals surface area contributed by atoms with Crippen molar-refractivity contribution in [2.45, 2.75) is 24.7 Å². The quantitative estimate of drug-likeness (QED) is 0.452. The monoisotopic (exact) mass is 431 g/mol. The van der Waals surface area contributed by atoms with Crippen LogP contribution in [0.2, 0.25) is 5.02 Å². The third kappa shape index (κ3) is 4.14. The Morgan fingerprint density at radius 1 is 1.30 bits per heavy atom. The molecule has 2 aromatic rings. The largest absolute Gasteiger partial charge is 0.334 e. The Balaban J connectivity index is 1.86. The van der Waals surface area contributed by atoms with Crippen LogP contribution >= 0.6 is 34.8 Å². The van der Waals surface area contributed by atoms with Gasteiger partial charge in [-0.1, -0.05) is 57.7 Å². The first-order chi connectivity index (χ1) is 12.8. The van der Waals surface area contributed by atoms with E-state index >= 15 is 0 Å². The summed E-state index contributed by atoms with van der Waals surface area (Å²) in [5.41, 5.74) is 4.57. The number of rotatable bonds is 4. The van der Waals surface area contributed by atoms with Crippen LogP contribution in [-0.4, -0.2) is 27.6 Å². The SMILES string of the molecule is Cc1ccc(N2NC(C)C(=NOc3nc(F)nc(C(Cl)Cl)c3Cl)C2=O)cc1. The van der Waals surface area contributed by atoms with Crippen LogP contribution in [0, 0.1) is 13.0 Å². The summed E-state index contributed by atoms with van der Waals surface area (Å²) >= 11 is 17.4. The molecule has 1 aliphatic heterocycles. The molecule has 1 N–H and O–H groups in total. The molecule has 0 aliphatic carbocycles. The van der Waals surface area contributed by atoms with Gasteiger partial charge in [0.05, 0.1) is 11.7 Å². The third-order valence-electron chi connectivity index (χ3n) is 3.70. The summed E-state index contributed by atoms with van der Waals surface area (Å²) in [5.74, 6) is -0.823. The first kappa shape index (κ1) is 19.8. The summed E-state index contributed by atoms with van der Waals surface area (Å²) in [6, 6.07) is 6.87. The van der Waals surface area contributed by atoms with E-state index < -0.39 is 28.7 Å². The van der Waals surface area contributed by atoms with Gasteiger partial charge in [-0.15, -0.1) is 0 Å². The van der Waals surface area contributed by atoms with E-state index in [0.29, 0.717) is 5.69 Å². The van der Waals surface area contributed by atoms with Crippen LogP contribution in [0.4, 0.5) is 10.1 Å². The third-order valence-corrected chi connectivity index (χ3v) is 4.47. The van der Waals surface area contributed by atoms with Crippen LogP contribution in [0.1, 0.15) is 23.0 Å². The van der Waals surface area contributed by atoms with Gasteiger partial charge in [0, 0.05) is 0 Å². The summed E-state index contributed by atoms with van der Waals surface area (Å²) in [6.07, 6.45) is -1.14. The summed E-state index contributed by atoms with van der Waals surface area (Å²) in [5, 5.41) is 4.93. The molecule has 11 heteroatoms. The van der Waals surface area contributed by atoms with Gasteiger partial charge in [-0.3, -0.25) is 4.79 Å². The van der Waals surface area contributed by atoms with Crippen molar-refractivity contribution in [2.75, 3.05) is 5.01 Å². The van der Waals surface area contributed by atoms with Crippen LogP contribution < -0.4 is 15.3 Å². The zero-order valence-corrected chi connectivity index (χ0v) is 16.3. The van der Waals surface area contributed by atoms with E-state index in [-0.39, 0.29) is 16.4 Å². The normalized spacial score (nSPS) is 18.6. The number of halogens is 4. The Morgan fingerprint density at radius 3 is 2.59 bits per heavy atom. The van der Waals surface area contributed by atoms with Crippen molar-refractivity contribution in [2.24, 2.45) is 5.16 Å². The molecule has 142 valence electrons. The number of amides is 1. The van der Waals surface area contributed by atoms with Crippen molar-refractivity contribution >= 4 is 52.1 Å². The van der Waals surface area contributed by atoms with E-state index in [1.807, 2.05) is 19.1 Å². The lowest BCUT2D eigenvalue weighted by molar-refractivity contribution is -0.112. The van der Waals surface area contributed by atoms with E-state index in [1.54, 1.807) is 19.1 Å². The molecule has 0 bridgehead atoms. The predicted molar refractivity (Wildman–Crippen MR) is 101 cm³/mol. The second-order valence-corrected chi connectivity index (χ2v) is 7.17. The van der Waals surface area contributed by atoms with E-state index in [2.05, 4.69) is 20.5 Å². The lowest BCUT2D eigenvalue weighted by Crippen LogP contribution is -2.36. The molecule has 1 atom stereocenters. The summed E-state index contributed by atoms with van der Waals surface area (Å²) in [7, 11) is 0. The number of hydrogen-bond donors (Lipinski definition) is 1. The van der Waals surface area contributed by atoms with Crippen molar-refractivity contribution < 1.29 is 14.0 Å². The Morgan fingerprint density at radius 2 is 1.96 bits per heavy atom. The summed E-state index contributed by atoms with van der Waals surface area (Å²) in [6.45, 7) is 3.66. The van der Waals surface area contributed by atoms with Crippen molar-refractivity contribution in [3.8, 4) is 5.88 Å². The molecule has 0 spiro atoms. The van der Waals surface area contributed by atoms with Crippen LogP contribution in [0.15, 0.2) is 29.4 Å². The molecule has 3 rings (SSSR count). The van der Waals surface area contributed by atoms with Crippen molar-refractivity contribution in [1.82, 2.24) is 15.4 Å². The van der Waals surface area contributed by atoms with Gasteiger partial charge in [0.2, 0.25) is 0 Å². The van der Waals surface area contributed by atoms with Crippen molar-refractivity contribution in [3.63, 3.8) is 0 Å². The highest BCUT2D eigenvalue weighted by atomic mass is 35.5. The summed E-state index contributed by atoms with van der Waals surface area (Å²) in [4.78, 5) is 23.4. The van der Waals surface area contributed by atoms with Gasteiger partial charge in [0.1, 0.15) is 10.7 Å². The van der Waals surface area contributed by atoms with Gasteiger partial charge in [-0.2, -0.15) is 9.37 Å². The summed E-state index contributed by atoms with van der Waals surface area (Å²) < 4.78 is 13.5. The van der Waals surface area contributed by atoms with E-state index in [0.717, 1.165) is 5.56 Å². The number of hydrazine groups is 1. The molecule has 1 saturated heterocycles. The van der Waals surface area contributed by atoms with Gasteiger partial charge < -0.3 is 4.84 Å². The van der Waals surface area contributed by atoms with Gasteiger partial charge in [-0.05, 0) is 26.0 Å². The number of carbonyl (C=O) groups is 1. The lowest BCUT2D eigenvalue weighted by Gasteiger charge is -2.15. The van der Waals surface area contributed by atoms with Crippen LogP contribution in [0.25, 0.3) is 0 Å². The maximum Gasteiger partial charge on any atom is 0.312 e. The zero-order valence-electron chi connectivity index (χ0n) is 14.1. The molecular formula is C16H13Cl3FN5O2. The average molecular weight is 433 g/mol. The molecule has 2 heterocycles. The fraction of sp³-hybridized carbons (Fsp3) is 0.250. The molecule has 1 aliphatic rings. The van der Waals surface area contributed by atoms with Crippen molar-refractivity contribution in [1.29, 1.82) is 0 Å². The molecule has 1 aromatic carbocycles. The molecular weight excluding hydrogens is 420 g/mol. The molecule has 1 amide bonds. The minimum Gasteiger partial charge on any atom is -0.334 e. The lowest BCUT2D eigenvalue weighted by atomic mass is 10.2. The van der Waals surface area contributed by atoms with Crippen LogP contribution in [-0.2, 0) is 4.79 Å². The number of aryl methyl sites for hydroxylation is 1. The molecule has 27 heavy (non-hydrogen) atoms. The number of aromatic nitrogens is 2. The minimum atomic E-state index is -1.18. The zero-order chi connectivity index (χ0) is 19.7. The average Bonchev–Trinajstić information content (AvgIpc) is 2.90. The number of anilines is 1. The highest BCUT2D eigenvalue weighted by molar-refractivity contribution is 6.47. The van der Waals surface area contributed by atoms with Gasteiger partial charge in [0.25, 0.3) is 11.8 Å². The van der Waals surface area contributed by atoms with E-state index in [4.69, 9.17) is 39.6 Å². The van der Waals surface area contributed by atoms with Gasteiger partial charge in [-0.25, -0.2) is 15.4 Å². The number of oxime groups is 1. The molecule has 1 aromatic heterocycles. The van der Waals surface area contributed by atoms with Gasteiger partial charge in [0.15, 0.2) is 10.5 Å². The Labute approximate surface area is 169 Å². The van der Waals surface area contributed by atoms with E-state index in [9.17, 15) is 9.18 Å². The Hall–Kier alpha value is -2.00. The number of benzene rings is 1. The number of nitrogens with one attached hydrogen (secondary N) is 1. The molecule has 7 nitrogen and oxygen atoms in total. The maximum absolute atomic E-state index is 13.5. The highest BCUT2D eigenvalue weighted by Gasteiger charge is 2.36. The van der Waals surface area contributed by atoms with Gasteiger partial charge >= 0.3 is 6.08 Å². The van der Waals surface area contributed by atoms with Crippen molar-refractivity contribution in [3.05, 3.63) is 46.6 Å². The topological polar surface area (TPSA) is 79.7 Å². The Bertz CT molecular complexity index is 908. The first-order valence-electron chi connectivity index (χ1n) is 7.71.